The number of piperidine rings is 1. The Labute approximate surface area is 177 Å². The number of aromatic nitrogens is 1. The van der Waals surface area contributed by atoms with Gasteiger partial charge in [0.25, 0.3) is 0 Å². The van der Waals surface area contributed by atoms with Crippen LogP contribution in [0.5, 0.6) is 0 Å². The summed E-state index contributed by atoms with van der Waals surface area (Å²) in [5.41, 5.74) is 6.08. The molecule has 1 aliphatic heterocycles. The van der Waals surface area contributed by atoms with E-state index in [-0.39, 0.29) is 29.1 Å². The maximum atomic E-state index is 13.6. The quantitative estimate of drug-likeness (QED) is 0.713. The molecule has 1 spiro atoms. The van der Waals surface area contributed by atoms with Crippen molar-refractivity contribution < 1.29 is 9.59 Å². The van der Waals surface area contributed by atoms with E-state index >= 15 is 0 Å². The van der Waals surface area contributed by atoms with Gasteiger partial charge in [0.05, 0.1) is 21.8 Å². The van der Waals surface area contributed by atoms with Gasteiger partial charge in [0.1, 0.15) is 0 Å². The largest absolute Gasteiger partial charge is 0.342 e. The lowest BCUT2D eigenvalue weighted by Crippen LogP contribution is -2.48. The van der Waals surface area contributed by atoms with E-state index in [1.807, 2.05) is 4.90 Å². The van der Waals surface area contributed by atoms with Gasteiger partial charge in [0, 0.05) is 13.1 Å². The molecular weight excluding hydrogens is 440 g/mol. The lowest BCUT2D eigenvalue weighted by atomic mass is 9.77. The summed E-state index contributed by atoms with van der Waals surface area (Å²) in [6.07, 6.45) is 8.24. The first kappa shape index (κ1) is 19.0. The third-order valence-corrected chi connectivity index (χ3v) is 9.29. The van der Waals surface area contributed by atoms with Crippen LogP contribution in [0.15, 0.2) is 9.98 Å². The van der Waals surface area contributed by atoms with Crippen molar-refractivity contribution in [3.8, 4) is 0 Å². The number of carbonyl (C=O) groups is 2. The second-order valence-electron chi connectivity index (χ2n) is 9.04. The van der Waals surface area contributed by atoms with E-state index in [9.17, 15) is 9.59 Å². The van der Waals surface area contributed by atoms with Crippen molar-refractivity contribution in [3.63, 3.8) is 0 Å². The van der Waals surface area contributed by atoms with E-state index in [2.05, 4.69) is 26.2 Å². The monoisotopic (exact) mass is 466 g/mol. The fraction of sp³-hybridized carbons (Fsp3) is 0.750. The molecule has 2 heterocycles. The van der Waals surface area contributed by atoms with Gasteiger partial charge in [-0.1, -0.05) is 11.3 Å². The fourth-order valence-corrected chi connectivity index (χ4v) is 7.55. The van der Waals surface area contributed by atoms with E-state index < -0.39 is 0 Å². The Hall–Kier alpha value is -0.990. The SMILES string of the molecule is NCC1CCN(C(=O)[C@H]2[C@H](C(=O)Nc3ncc(Br)s3)[C@@H]3CC[C@H]2C32CC2)CC1. The molecule has 4 atom stereocenters. The lowest BCUT2D eigenvalue weighted by Gasteiger charge is -2.37. The third-order valence-electron chi connectivity index (χ3n) is 7.90. The molecule has 2 amide bonds. The Balaban J connectivity index is 1.37. The molecule has 4 aliphatic rings. The van der Waals surface area contributed by atoms with Gasteiger partial charge in [-0.05, 0) is 84.2 Å². The smallest absolute Gasteiger partial charge is 0.230 e. The van der Waals surface area contributed by atoms with E-state index in [1.165, 1.54) is 24.2 Å². The number of likely N-dealkylation sites (tertiary alicyclic amines) is 1. The topological polar surface area (TPSA) is 88.3 Å². The number of hydrogen-bond donors (Lipinski definition) is 2. The third kappa shape index (κ3) is 2.94. The van der Waals surface area contributed by atoms with E-state index in [0.29, 0.717) is 29.4 Å². The van der Waals surface area contributed by atoms with Gasteiger partial charge < -0.3 is 16.0 Å². The maximum Gasteiger partial charge on any atom is 0.230 e. The van der Waals surface area contributed by atoms with Gasteiger partial charge in [0.15, 0.2) is 5.13 Å². The summed E-state index contributed by atoms with van der Waals surface area (Å²) in [5.74, 6) is 1.13. The molecule has 1 aromatic heterocycles. The zero-order chi connectivity index (χ0) is 19.5. The number of carbonyl (C=O) groups excluding carboxylic acids is 2. The Bertz CT molecular complexity index is 787. The van der Waals surface area contributed by atoms with Crippen LogP contribution in [0.4, 0.5) is 5.13 Å². The number of nitrogens with two attached hydrogens (primary N) is 1. The molecule has 2 bridgehead atoms. The van der Waals surface area contributed by atoms with Gasteiger partial charge >= 0.3 is 0 Å². The highest BCUT2D eigenvalue weighted by Crippen LogP contribution is 2.74. The normalized spacial score (nSPS) is 33.4. The molecule has 0 aromatic carbocycles. The number of hydrogen-bond acceptors (Lipinski definition) is 5. The van der Waals surface area contributed by atoms with Crippen LogP contribution in [0.3, 0.4) is 0 Å². The first-order chi connectivity index (χ1) is 13.5. The van der Waals surface area contributed by atoms with Crippen molar-refractivity contribution in [2.75, 3.05) is 25.0 Å². The van der Waals surface area contributed by atoms with Crippen LogP contribution in [0.2, 0.25) is 0 Å². The lowest BCUT2D eigenvalue weighted by molar-refractivity contribution is -0.144. The summed E-state index contributed by atoms with van der Waals surface area (Å²) in [4.78, 5) is 33.1. The van der Waals surface area contributed by atoms with E-state index in [4.69, 9.17) is 5.73 Å². The van der Waals surface area contributed by atoms with Crippen molar-refractivity contribution in [1.82, 2.24) is 9.88 Å². The highest BCUT2D eigenvalue weighted by atomic mass is 79.9. The maximum absolute atomic E-state index is 13.6. The first-order valence-electron chi connectivity index (χ1n) is 10.4. The number of rotatable bonds is 4. The molecule has 0 radical (unpaired) electrons. The first-order valence-corrected chi connectivity index (χ1v) is 12.1. The predicted octanol–water partition coefficient (Wildman–Crippen LogP) is 3.09. The van der Waals surface area contributed by atoms with Gasteiger partial charge in [-0.2, -0.15) is 0 Å². The molecule has 0 unspecified atom stereocenters. The van der Waals surface area contributed by atoms with Crippen molar-refractivity contribution in [1.29, 1.82) is 0 Å². The minimum Gasteiger partial charge on any atom is -0.342 e. The molecule has 28 heavy (non-hydrogen) atoms. The van der Waals surface area contributed by atoms with Crippen LogP contribution in [0.1, 0.15) is 38.5 Å². The molecule has 152 valence electrons. The molecule has 3 aliphatic carbocycles. The minimum absolute atomic E-state index is 0.00415. The molecule has 4 fully saturated rings. The fourth-order valence-electron chi connectivity index (χ4n) is 6.44. The molecule has 5 rings (SSSR count). The second-order valence-corrected chi connectivity index (χ2v) is 11.4. The summed E-state index contributed by atoms with van der Waals surface area (Å²) in [7, 11) is 0. The Morgan fingerprint density at radius 2 is 1.89 bits per heavy atom. The van der Waals surface area contributed by atoms with Crippen LogP contribution >= 0.6 is 27.3 Å². The van der Waals surface area contributed by atoms with Crippen molar-refractivity contribution in [2.24, 2.45) is 40.7 Å². The molecule has 1 saturated heterocycles. The zero-order valence-corrected chi connectivity index (χ0v) is 18.3. The molecule has 1 aromatic rings. The highest BCUT2D eigenvalue weighted by molar-refractivity contribution is 9.11. The second kappa shape index (κ2) is 7.06. The van der Waals surface area contributed by atoms with Crippen LogP contribution < -0.4 is 11.1 Å². The zero-order valence-electron chi connectivity index (χ0n) is 15.9. The van der Waals surface area contributed by atoms with Crippen molar-refractivity contribution >= 4 is 44.2 Å². The Kier molecular flexibility index (Phi) is 4.79. The van der Waals surface area contributed by atoms with Crippen LogP contribution in [-0.2, 0) is 9.59 Å². The Morgan fingerprint density at radius 1 is 1.21 bits per heavy atom. The molecular formula is C20H27BrN4O2S. The molecule has 8 heteroatoms. The van der Waals surface area contributed by atoms with Crippen LogP contribution in [0.25, 0.3) is 0 Å². The van der Waals surface area contributed by atoms with Gasteiger partial charge in [-0.25, -0.2) is 4.98 Å². The average molecular weight is 467 g/mol. The summed E-state index contributed by atoms with van der Waals surface area (Å²) in [5, 5.41) is 3.62. The minimum atomic E-state index is -0.205. The number of thiazole rings is 1. The Morgan fingerprint density at radius 3 is 2.46 bits per heavy atom. The predicted molar refractivity (Wildman–Crippen MR) is 112 cm³/mol. The average Bonchev–Trinajstić information content (AvgIpc) is 3.20. The summed E-state index contributed by atoms with van der Waals surface area (Å²) < 4.78 is 0.893. The van der Waals surface area contributed by atoms with E-state index in [1.54, 1.807) is 6.20 Å². The van der Waals surface area contributed by atoms with Gasteiger partial charge in [-0.3, -0.25) is 9.59 Å². The molecule has 3 N–H and O–H groups in total. The van der Waals surface area contributed by atoms with Crippen molar-refractivity contribution in [2.45, 2.75) is 38.5 Å². The van der Waals surface area contributed by atoms with Gasteiger partial charge in [-0.15, -0.1) is 0 Å². The number of anilines is 1. The van der Waals surface area contributed by atoms with Gasteiger partial charge in [0.2, 0.25) is 11.8 Å². The van der Waals surface area contributed by atoms with Crippen LogP contribution in [0, 0.1) is 35.0 Å². The summed E-state index contributed by atoms with van der Waals surface area (Å²) in [6.45, 7) is 2.28. The molecule has 6 nitrogen and oxygen atoms in total. The number of amides is 2. The number of nitrogens with zero attached hydrogens (tertiary/aromatic N) is 2. The highest BCUT2D eigenvalue weighted by Gasteiger charge is 2.71. The van der Waals surface area contributed by atoms with Crippen molar-refractivity contribution in [3.05, 3.63) is 9.98 Å². The summed E-state index contributed by atoms with van der Waals surface area (Å²) >= 11 is 4.82. The standard InChI is InChI=1S/C20H27BrN4O2S/c21-14-10-23-19(28-14)24-17(26)15-12-1-2-13(20(12)5-6-20)16(15)18(27)25-7-3-11(9-22)4-8-25/h10-13,15-16H,1-9,22H2,(H,23,24,26)/t12-,13+,15+,16+/m0/s1. The number of nitrogens with one attached hydrogen (secondary N) is 1. The van der Waals surface area contributed by atoms with Crippen LogP contribution in [-0.4, -0.2) is 41.3 Å². The number of halogens is 1. The molecule has 3 saturated carbocycles. The van der Waals surface area contributed by atoms with E-state index in [0.717, 1.165) is 42.6 Å². The summed E-state index contributed by atoms with van der Waals surface area (Å²) in [6, 6.07) is 0.